The molecule has 2 heterocycles. The van der Waals surface area contributed by atoms with E-state index in [9.17, 15) is 5.11 Å². The van der Waals surface area contributed by atoms with Crippen LogP contribution >= 0.6 is 0 Å². The van der Waals surface area contributed by atoms with Crippen molar-refractivity contribution in [2.75, 3.05) is 18.0 Å². The molecule has 3 heteroatoms. The molecule has 0 radical (unpaired) electrons. The fourth-order valence-electron chi connectivity index (χ4n) is 2.17. The molecular weight excluding hydrogens is 200 g/mol. The molecule has 0 spiro atoms. The summed E-state index contributed by atoms with van der Waals surface area (Å²) in [5.74, 6) is 1.49. The molecule has 0 saturated carbocycles. The molecule has 1 aromatic heterocycles. The van der Waals surface area contributed by atoms with Crippen molar-refractivity contribution in [3.05, 3.63) is 24.0 Å². The summed E-state index contributed by atoms with van der Waals surface area (Å²) >= 11 is 0. The second-order valence-corrected chi connectivity index (χ2v) is 4.98. The third kappa shape index (κ3) is 2.19. The maximum atomic E-state index is 9.39. The lowest BCUT2D eigenvalue weighted by Crippen LogP contribution is -2.19. The zero-order valence-electron chi connectivity index (χ0n) is 10.2. The summed E-state index contributed by atoms with van der Waals surface area (Å²) in [5.41, 5.74) is 1.91. The van der Waals surface area contributed by atoms with Crippen LogP contribution in [0.15, 0.2) is 18.3 Å². The third-order valence-corrected chi connectivity index (χ3v) is 3.55. The summed E-state index contributed by atoms with van der Waals surface area (Å²) in [6, 6.07) is 3.97. The van der Waals surface area contributed by atoms with E-state index in [1.807, 2.05) is 12.3 Å². The Morgan fingerprint density at radius 2 is 1.94 bits per heavy atom. The Balaban J connectivity index is 2.11. The van der Waals surface area contributed by atoms with E-state index >= 15 is 0 Å². The quantitative estimate of drug-likeness (QED) is 0.830. The fourth-order valence-corrected chi connectivity index (χ4v) is 2.17. The van der Waals surface area contributed by atoms with Gasteiger partial charge >= 0.3 is 0 Å². The molecule has 88 valence electrons. The maximum absolute atomic E-state index is 9.39. The molecule has 1 fully saturated rings. The molecule has 2 unspecified atom stereocenters. The van der Waals surface area contributed by atoms with Crippen molar-refractivity contribution in [3.8, 4) is 0 Å². The normalized spacial score (nSPS) is 27.1. The number of aliphatic hydroxyl groups is 1. The van der Waals surface area contributed by atoms with Crippen molar-refractivity contribution in [1.82, 2.24) is 4.98 Å². The van der Waals surface area contributed by atoms with Crippen molar-refractivity contribution in [2.45, 2.75) is 26.9 Å². The minimum atomic E-state index is -0.481. The molecule has 0 aliphatic carbocycles. The number of hydrogen-bond acceptors (Lipinski definition) is 3. The first kappa shape index (κ1) is 11.4. The summed E-state index contributed by atoms with van der Waals surface area (Å²) < 4.78 is 0. The fraction of sp³-hybridized carbons (Fsp3) is 0.615. The smallest absolute Gasteiger partial charge is 0.0931 e. The lowest BCUT2D eigenvalue weighted by Gasteiger charge is -2.18. The van der Waals surface area contributed by atoms with Crippen LogP contribution in [0.1, 0.15) is 32.6 Å². The molecule has 0 amide bonds. The average Bonchev–Trinajstić information content (AvgIpc) is 2.59. The minimum absolute atomic E-state index is 0.481. The van der Waals surface area contributed by atoms with E-state index in [1.54, 1.807) is 6.92 Å². The summed E-state index contributed by atoms with van der Waals surface area (Å²) in [5, 5.41) is 9.39. The standard InChI is InChI=1S/C13H20N2O/c1-9-7-15(8-10(9)2)12-4-5-13(11(3)16)14-6-12/h4-6,9-11,16H,7-8H2,1-3H3/t9?,10?,11-/m1/s1. The van der Waals surface area contributed by atoms with Gasteiger partial charge in [-0.3, -0.25) is 4.98 Å². The van der Waals surface area contributed by atoms with Gasteiger partial charge < -0.3 is 10.0 Å². The van der Waals surface area contributed by atoms with Gasteiger partial charge in [-0.15, -0.1) is 0 Å². The largest absolute Gasteiger partial charge is 0.387 e. The first-order valence-corrected chi connectivity index (χ1v) is 5.97. The van der Waals surface area contributed by atoms with Crippen molar-refractivity contribution in [1.29, 1.82) is 0 Å². The van der Waals surface area contributed by atoms with Crippen LogP contribution in [0.25, 0.3) is 0 Å². The molecule has 3 nitrogen and oxygen atoms in total. The monoisotopic (exact) mass is 220 g/mol. The molecule has 1 saturated heterocycles. The number of pyridine rings is 1. The Labute approximate surface area is 97.1 Å². The topological polar surface area (TPSA) is 36.4 Å². The number of aliphatic hydroxyl groups excluding tert-OH is 1. The Morgan fingerprint density at radius 3 is 2.38 bits per heavy atom. The van der Waals surface area contributed by atoms with Crippen LogP contribution in [0.2, 0.25) is 0 Å². The van der Waals surface area contributed by atoms with Crippen LogP contribution in [-0.2, 0) is 0 Å². The first-order chi connectivity index (χ1) is 7.58. The molecule has 1 N–H and O–H groups in total. The predicted molar refractivity (Wildman–Crippen MR) is 65.4 cm³/mol. The van der Waals surface area contributed by atoms with Crippen LogP contribution in [0.5, 0.6) is 0 Å². The molecule has 1 aliphatic rings. The van der Waals surface area contributed by atoms with E-state index in [-0.39, 0.29) is 0 Å². The minimum Gasteiger partial charge on any atom is -0.387 e. The average molecular weight is 220 g/mol. The van der Waals surface area contributed by atoms with E-state index in [1.165, 1.54) is 5.69 Å². The molecule has 16 heavy (non-hydrogen) atoms. The Hall–Kier alpha value is -1.09. The van der Waals surface area contributed by atoms with Crippen molar-refractivity contribution >= 4 is 5.69 Å². The second-order valence-electron chi connectivity index (χ2n) is 4.98. The Bertz CT molecular complexity index is 337. The van der Waals surface area contributed by atoms with Crippen LogP contribution in [0.4, 0.5) is 5.69 Å². The van der Waals surface area contributed by atoms with Gasteiger partial charge in [0.15, 0.2) is 0 Å². The van der Waals surface area contributed by atoms with Crippen LogP contribution in [0, 0.1) is 11.8 Å². The van der Waals surface area contributed by atoms with Gasteiger partial charge in [0, 0.05) is 13.1 Å². The van der Waals surface area contributed by atoms with Crippen molar-refractivity contribution in [2.24, 2.45) is 11.8 Å². The van der Waals surface area contributed by atoms with Crippen molar-refractivity contribution in [3.63, 3.8) is 0 Å². The summed E-state index contributed by atoms with van der Waals surface area (Å²) in [6.07, 6.45) is 1.39. The summed E-state index contributed by atoms with van der Waals surface area (Å²) in [7, 11) is 0. The molecule has 1 aromatic rings. The second kappa shape index (κ2) is 4.42. The number of anilines is 1. The highest BCUT2D eigenvalue weighted by Crippen LogP contribution is 2.27. The van der Waals surface area contributed by atoms with E-state index in [2.05, 4.69) is 29.8 Å². The van der Waals surface area contributed by atoms with Gasteiger partial charge in [-0.25, -0.2) is 0 Å². The highest BCUT2D eigenvalue weighted by molar-refractivity contribution is 5.46. The highest BCUT2D eigenvalue weighted by atomic mass is 16.3. The molecular formula is C13H20N2O. The van der Waals surface area contributed by atoms with Gasteiger partial charge in [0.2, 0.25) is 0 Å². The van der Waals surface area contributed by atoms with E-state index in [0.29, 0.717) is 0 Å². The molecule has 2 rings (SSSR count). The number of hydrogen-bond donors (Lipinski definition) is 1. The molecule has 1 aliphatic heterocycles. The van der Waals surface area contributed by atoms with E-state index in [4.69, 9.17) is 0 Å². The van der Waals surface area contributed by atoms with Gasteiger partial charge in [-0.2, -0.15) is 0 Å². The van der Waals surface area contributed by atoms with Gasteiger partial charge in [0.25, 0.3) is 0 Å². The van der Waals surface area contributed by atoms with Crippen LogP contribution in [0.3, 0.4) is 0 Å². The molecule has 3 atom stereocenters. The summed E-state index contributed by atoms with van der Waals surface area (Å²) in [4.78, 5) is 6.65. The van der Waals surface area contributed by atoms with Crippen LogP contribution in [-0.4, -0.2) is 23.2 Å². The van der Waals surface area contributed by atoms with Gasteiger partial charge in [0.05, 0.1) is 23.7 Å². The van der Waals surface area contributed by atoms with Crippen molar-refractivity contribution < 1.29 is 5.11 Å². The number of nitrogens with zero attached hydrogens (tertiary/aromatic N) is 2. The van der Waals surface area contributed by atoms with E-state index in [0.717, 1.165) is 30.6 Å². The van der Waals surface area contributed by atoms with Gasteiger partial charge in [0.1, 0.15) is 0 Å². The van der Waals surface area contributed by atoms with Gasteiger partial charge in [-0.1, -0.05) is 13.8 Å². The number of rotatable bonds is 2. The van der Waals surface area contributed by atoms with E-state index < -0.39 is 6.10 Å². The van der Waals surface area contributed by atoms with Crippen LogP contribution < -0.4 is 4.90 Å². The zero-order chi connectivity index (χ0) is 11.7. The van der Waals surface area contributed by atoms with Gasteiger partial charge in [-0.05, 0) is 30.9 Å². The summed E-state index contributed by atoms with van der Waals surface area (Å²) in [6.45, 7) is 8.54. The molecule has 0 bridgehead atoms. The maximum Gasteiger partial charge on any atom is 0.0931 e. The lowest BCUT2D eigenvalue weighted by atomic mass is 10.0. The highest BCUT2D eigenvalue weighted by Gasteiger charge is 2.26. The molecule has 0 aromatic carbocycles. The Kier molecular flexibility index (Phi) is 3.15. The lowest BCUT2D eigenvalue weighted by molar-refractivity contribution is 0.194. The third-order valence-electron chi connectivity index (χ3n) is 3.55. The SMILES string of the molecule is CC1CN(c2ccc([C@@H](C)O)nc2)CC1C. The predicted octanol–water partition coefficient (Wildman–Crippen LogP) is 2.23. The zero-order valence-corrected chi connectivity index (χ0v) is 10.2. The first-order valence-electron chi connectivity index (χ1n) is 5.97. The number of aromatic nitrogens is 1. The Morgan fingerprint density at radius 1 is 1.31 bits per heavy atom.